The second-order valence-electron chi connectivity index (χ2n) is 7.34. The summed E-state index contributed by atoms with van der Waals surface area (Å²) < 4.78 is 0. The van der Waals surface area contributed by atoms with Gasteiger partial charge < -0.3 is 9.88 Å². The highest BCUT2D eigenvalue weighted by molar-refractivity contribution is 7.98. The molecule has 158 valence electrons. The molecule has 2 heterocycles. The van der Waals surface area contributed by atoms with E-state index in [4.69, 9.17) is 11.6 Å². The Morgan fingerprint density at radius 1 is 1.29 bits per heavy atom. The molecule has 8 heteroatoms. The van der Waals surface area contributed by atoms with E-state index in [1.807, 2.05) is 36.6 Å². The molecule has 31 heavy (non-hydrogen) atoms. The van der Waals surface area contributed by atoms with Crippen LogP contribution in [0.2, 0.25) is 5.02 Å². The molecule has 3 aromatic rings. The van der Waals surface area contributed by atoms with Gasteiger partial charge in [-0.2, -0.15) is 5.26 Å². The highest BCUT2D eigenvalue weighted by atomic mass is 35.5. The highest BCUT2D eigenvalue weighted by Gasteiger charge is 2.31. The first-order valence-electron chi connectivity index (χ1n) is 9.95. The number of amides is 1. The lowest BCUT2D eigenvalue weighted by molar-refractivity contribution is -0.122. The van der Waals surface area contributed by atoms with Gasteiger partial charge in [0.15, 0.2) is 0 Å². The van der Waals surface area contributed by atoms with Crippen LogP contribution in [0.3, 0.4) is 0 Å². The zero-order valence-corrected chi connectivity index (χ0v) is 18.7. The Bertz CT molecular complexity index is 1110. The average molecular weight is 452 g/mol. The van der Waals surface area contributed by atoms with Crippen LogP contribution in [-0.4, -0.2) is 46.7 Å². The number of carbonyl (C=O) groups is 1. The van der Waals surface area contributed by atoms with Gasteiger partial charge in [0.05, 0.1) is 18.2 Å². The maximum absolute atomic E-state index is 13.0. The van der Waals surface area contributed by atoms with Gasteiger partial charge in [-0.25, -0.2) is 4.98 Å². The van der Waals surface area contributed by atoms with E-state index in [1.165, 1.54) is 0 Å². The summed E-state index contributed by atoms with van der Waals surface area (Å²) in [6.45, 7) is 1.60. The number of hydrogen-bond donors (Lipinski definition) is 1. The molecule has 1 amide bonds. The topological polar surface area (TPSA) is 76.0 Å². The molecule has 0 spiro atoms. The van der Waals surface area contributed by atoms with Gasteiger partial charge in [-0.05, 0) is 48.6 Å². The van der Waals surface area contributed by atoms with Gasteiger partial charge in [0, 0.05) is 41.1 Å². The van der Waals surface area contributed by atoms with Crippen LogP contribution < -0.4 is 4.90 Å². The molecule has 1 unspecified atom stereocenters. The fourth-order valence-electron chi connectivity index (χ4n) is 3.91. The Kier molecular flexibility index (Phi) is 6.62. The van der Waals surface area contributed by atoms with Crippen LogP contribution in [0.25, 0.3) is 0 Å². The summed E-state index contributed by atoms with van der Waals surface area (Å²) in [5, 5.41) is 9.92. The molecule has 1 atom stereocenters. The van der Waals surface area contributed by atoms with Crippen LogP contribution in [0.5, 0.6) is 0 Å². The number of aromatic nitrogens is 2. The molecular formula is C23H22ClN5OS. The highest BCUT2D eigenvalue weighted by Crippen LogP contribution is 2.29. The zero-order chi connectivity index (χ0) is 21.8. The minimum atomic E-state index is -0.0666. The first-order chi connectivity index (χ1) is 15.1. The third-order valence-corrected chi connectivity index (χ3v) is 6.47. The lowest BCUT2D eigenvalue weighted by Gasteiger charge is -2.38. The molecule has 1 aliphatic rings. The fraction of sp³-hybridized carbons (Fsp3) is 0.261. The van der Waals surface area contributed by atoms with Crippen molar-refractivity contribution < 1.29 is 4.79 Å². The van der Waals surface area contributed by atoms with E-state index in [0.717, 1.165) is 28.5 Å². The molecule has 6 nitrogen and oxygen atoms in total. The molecular weight excluding hydrogens is 430 g/mol. The summed E-state index contributed by atoms with van der Waals surface area (Å²) in [4.78, 5) is 25.6. The summed E-state index contributed by atoms with van der Waals surface area (Å²) >= 11 is 7.68. The van der Waals surface area contributed by atoms with Crippen molar-refractivity contribution in [3.63, 3.8) is 0 Å². The molecule has 0 aliphatic carbocycles. The summed E-state index contributed by atoms with van der Waals surface area (Å²) in [6, 6.07) is 15.5. The van der Waals surface area contributed by atoms with E-state index >= 15 is 0 Å². The standard InChI is InChI=1S/C23H22ClN5OS/c1-31-21-12-16(5-6-17(21)14-25)11-20(23-26-7-8-27-23)28-9-10-29(22(30)15-28)19-4-2-3-18(24)13-19/h2-8,12-13,20H,9-11,15H2,1H3,(H,26,27). The van der Waals surface area contributed by atoms with Crippen molar-refractivity contribution in [2.24, 2.45) is 0 Å². The van der Waals surface area contributed by atoms with Gasteiger partial charge in [-0.3, -0.25) is 9.69 Å². The molecule has 0 radical (unpaired) electrons. The molecule has 4 rings (SSSR count). The van der Waals surface area contributed by atoms with E-state index in [0.29, 0.717) is 30.1 Å². The van der Waals surface area contributed by atoms with E-state index in [9.17, 15) is 10.1 Å². The van der Waals surface area contributed by atoms with Crippen molar-refractivity contribution in [2.75, 3.05) is 30.8 Å². The van der Waals surface area contributed by atoms with E-state index in [1.54, 1.807) is 35.1 Å². The first kappa shape index (κ1) is 21.4. The number of H-pyrrole nitrogens is 1. The molecule has 1 aliphatic heterocycles. The van der Waals surface area contributed by atoms with Crippen LogP contribution in [0.15, 0.2) is 59.8 Å². The first-order valence-corrected chi connectivity index (χ1v) is 11.6. The predicted octanol–water partition coefficient (Wildman–Crippen LogP) is 4.29. The van der Waals surface area contributed by atoms with Gasteiger partial charge in [-0.1, -0.05) is 23.7 Å². The number of imidazole rings is 1. The van der Waals surface area contributed by atoms with Crippen molar-refractivity contribution in [3.05, 3.63) is 76.8 Å². The molecule has 1 aromatic heterocycles. The van der Waals surface area contributed by atoms with E-state index in [-0.39, 0.29) is 11.9 Å². The van der Waals surface area contributed by atoms with Crippen LogP contribution in [0.1, 0.15) is 23.0 Å². The Balaban J connectivity index is 1.56. The number of nitriles is 1. The normalized spacial score (nSPS) is 15.6. The summed E-state index contributed by atoms with van der Waals surface area (Å²) in [5.74, 6) is 0.869. The summed E-state index contributed by atoms with van der Waals surface area (Å²) in [6.07, 6.45) is 6.20. The number of benzene rings is 2. The van der Waals surface area contributed by atoms with Crippen molar-refractivity contribution in [2.45, 2.75) is 17.4 Å². The SMILES string of the molecule is CSc1cc(CC(c2ncc[nH]2)N2CCN(c3cccc(Cl)c3)C(=O)C2)ccc1C#N. The van der Waals surface area contributed by atoms with E-state index in [2.05, 4.69) is 27.0 Å². The maximum atomic E-state index is 13.0. The number of anilines is 1. The lowest BCUT2D eigenvalue weighted by atomic mass is 10.0. The van der Waals surface area contributed by atoms with Crippen molar-refractivity contribution in [1.29, 1.82) is 5.26 Å². The second kappa shape index (κ2) is 9.56. The number of thioether (sulfide) groups is 1. The number of hydrogen-bond acceptors (Lipinski definition) is 5. The summed E-state index contributed by atoms with van der Waals surface area (Å²) in [5.41, 5.74) is 2.61. The predicted molar refractivity (Wildman–Crippen MR) is 123 cm³/mol. The summed E-state index contributed by atoms with van der Waals surface area (Å²) in [7, 11) is 0. The Morgan fingerprint density at radius 3 is 2.84 bits per heavy atom. The van der Waals surface area contributed by atoms with Gasteiger partial charge in [0.1, 0.15) is 11.9 Å². The molecule has 0 saturated carbocycles. The van der Waals surface area contributed by atoms with Crippen LogP contribution >= 0.6 is 23.4 Å². The Morgan fingerprint density at radius 2 is 2.16 bits per heavy atom. The zero-order valence-electron chi connectivity index (χ0n) is 17.1. The third-order valence-electron chi connectivity index (χ3n) is 5.46. The molecule has 0 bridgehead atoms. The number of aromatic amines is 1. The largest absolute Gasteiger partial charge is 0.347 e. The minimum Gasteiger partial charge on any atom is -0.347 e. The number of nitrogens with one attached hydrogen (secondary N) is 1. The number of halogens is 1. The van der Waals surface area contributed by atoms with Gasteiger partial charge in [-0.15, -0.1) is 11.8 Å². The van der Waals surface area contributed by atoms with Gasteiger partial charge in [0.2, 0.25) is 5.91 Å². The van der Waals surface area contributed by atoms with Crippen LogP contribution in [-0.2, 0) is 11.2 Å². The van der Waals surface area contributed by atoms with Gasteiger partial charge >= 0.3 is 0 Å². The van der Waals surface area contributed by atoms with Gasteiger partial charge in [0.25, 0.3) is 0 Å². The number of piperazine rings is 1. The number of carbonyl (C=O) groups excluding carboxylic acids is 1. The lowest BCUT2D eigenvalue weighted by Crippen LogP contribution is -2.52. The second-order valence-corrected chi connectivity index (χ2v) is 8.62. The molecule has 1 saturated heterocycles. The fourth-order valence-corrected chi connectivity index (χ4v) is 4.70. The monoisotopic (exact) mass is 451 g/mol. The smallest absolute Gasteiger partial charge is 0.241 e. The van der Waals surface area contributed by atoms with E-state index < -0.39 is 0 Å². The number of rotatable bonds is 6. The quantitative estimate of drug-likeness (QED) is 0.566. The average Bonchev–Trinajstić information content (AvgIpc) is 3.31. The number of nitrogens with zero attached hydrogens (tertiary/aromatic N) is 4. The molecule has 1 N–H and O–H groups in total. The molecule has 1 fully saturated rings. The Labute approximate surface area is 190 Å². The van der Waals surface area contributed by atoms with Crippen molar-refractivity contribution in [3.8, 4) is 6.07 Å². The minimum absolute atomic E-state index is 0.0368. The van der Waals surface area contributed by atoms with Crippen molar-refractivity contribution in [1.82, 2.24) is 14.9 Å². The van der Waals surface area contributed by atoms with Crippen LogP contribution in [0, 0.1) is 11.3 Å². The van der Waals surface area contributed by atoms with Crippen molar-refractivity contribution >= 4 is 35.0 Å². The molecule has 2 aromatic carbocycles. The maximum Gasteiger partial charge on any atom is 0.241 e. The third kappa shape index (κ3) is 4.77. The van der Waals surface area contributed by atoms with Crippen LogP contribution in [0.4, 0.5) is 5.69 Å². The Hall–Kier alpha value is -2.79.